The highest BCUT2D eigenvalue weighted by molar-refractivity contribution is 5.79. The van der Waals surface area contributed by atoms with Gasteiger partial charge < -0.3 is 9.47 Å². The minimum absolute atomic E-state index is 0.523. The Bertz CT molecular complexity index is 520. The van der Waals surface area contributed by atoms with E-state index in [0.29, 0.717) is 22.8 Å². The molecule has 0 aliphatic carbocycles. The minimum Gasteiger partial charge on any atom is -0.497 e. The number of hydrogen-bond acceptors (Lipinski definition) is 3. The molecule has 3 heteroatoms. The highest BCUT2D eigenvalue weighted by atomic mass is 16.5. The van der Waals surface area contributed by atoms with Crippen LogP contribution in [-0.4, -0.2) is 13.4 Å². The predicted molar refractivity (Wildman–Crippen MR) is 64.9 cm³/mol. The van der Waals surface area contributed by atoms with Gasteiger partial charge in [-0.2, -0.15) is 0 Å². The van der Waals surface area contributed by atoms with Crippen molar-refractivity contribution < 1.29 is 14.3 Å². The first-order chi connectivity index (χ1) is 8.33. The number of para-hydroxylation sites is 1. The van der Waals surface area contributed by atoms with Crippen molar-refractivity contribution in [1.29, 1.82) is 0 Å². The normalized spacial score (nSPS) is 9.71. The summed E-state index contributed by atoms with van der Waals surface area (Å²) in [6, 6.07) is 14.3. The summed E-state index contributed by atoms with van der Waals surface area (Å²) in [5.41, 5.74) is 0.523. The van der Waals surface area contributed by atoms with Gasteiger partial charge in [0.15, 0.2) is 6.29 Å². The Morgan fingerprint density at radius 3 is 2.53 bits per heavy atom. The van der Waals surface area contributed by atoms with Crippen LogP contribution in [0.3, 0.4) is 0 Å². The summed E-state index contributed by atoms with van der Waals surface area (Å²) < 4.78 is 10.7. The van der Waals surface area contributed by atoms with Crippen LogP contribution in [0, 0.1) is 0 Å². The van der Waals surface area contributed by atoms with Gasteiger partial charge >= 0.3 is 0 Å². The van der Waals surface area contributed by atoms with Crippen molar-refractivity contribution in [2.75, 3.05) is 7.11 Å². The van der Waals surface area contributed by atoms with Gasteiger partial charge in [-0.05, 0) is 24.3 Å². The van der Waals surface area contributed by atoms with Crippen molar-refractivity contribution in [3.63, 3.8) is 0 Å². The molecule has 0 fully saturated rings. The van der Waals surface area contributed by atoms with Gasteiger partial charge in [0.25, 0.3) is 0 Å². The number of methoxy groups -OCH3 is 1. The van der Waals surface area contributed by atoms with Crippen LogP contribution in [0.15, 0.2) is 48.5 Å². The second-order valence-electron chi connectivity index (χ2n) is 3.44. The Morgan fingerprint density at radius 2 is 1.76 bits per heavy atom. The van der Waals surface area contributed by atoms with Gasteiger partial charge in [-0.1, -0.05) is 18.2 Å². The average molecular weight is 228 g/mol. The largest absolute Gasteiger partial charge is 0.497 e. The maximum atomic E-state index is 10.8. The van der Waals surface area contributed by atoms with Crippen LogP contribution < -0.4 is 9.47 Å². The molecule has 0 bridgehead atoms. The lowest BCUT2D eigenvalue weighted by Crippen LogP contribution is -1.90. The monoisotopic (exact) mass is 228 g/mol. The van der Waals surface area contributed by atoms with Gasteiger partial charge in [0.2, 0.25) is 0 Å². The van der Waals surface area contributed by atoms with Crippen LogP contribution in [0.25, 0.3) is 0 Å². The first-order valence-electron chi connectivity index (χ1n) is 5.19. The molecule has 2 aromatic carbocycles. The summed E-state index contributed by atoms with van der Waals surface area (Å²) >= 11 is 0. The number of ether oxygens (including phenoxy) is 2. The number of hydrogen-bond donors (Lipinski definition) is 0. The molecule has 0 amide bonds. The third-order valence-electron chi connectivity index (χ3n) is 2.31. The van der Waals surface area contributed by atoms with Crippen LogP contribution in [0.1, 0.15) is 10.4 Å². The van der Waals surface area contributed by atoms with Gasteiger partial charge in [-0.25, -0.2) is 0 Å². The minimum atomic E-state index is 0.523. The lowest BCUT2D eigenvalue weighted by molar-refractivity contribution is 0.112. The van der Waals surface area contributed by atoms with E-state index in [-0.39, 0.29) is 0 Å². The molecule has 0 atom stereocenters. The topological polar surface area (TPSA) is 35.5 Å². The van der Waals surface area contributed by atoms with E-state index in [0.717, 1.165) is 6.29 Å². The summed E-state index contributed by atoms with van der Waals surface area (Å²) in [5, 5.41) is 0. The van der Waals surface area contributed by atoms with Crippen LogP contribution in [-0.2, 0) is 0 Å². The lowest BCUT2D eigenvalue weighted by Gasteiger charge is -2.08. The number of benzene rings is 2. The average Bonchev–Trinajstić information content (AvgIpc) is 2.39. The van der Waals surface area contributed by atoms with Crippen LogP contribution in [0.4, 0.5) is 0 Å². The van der Waals surface area contributed by atoms with Crippen molar-refractivity contribution in [1.82, 2.24) is 0 Å². The Balaban J connectivity index is 2.27. The molecule has 0 aliphatic heterocycles. The molecule has 0 unspecified atom stereocenters. The van der Waals surface area contributed by atoms with Crippen LogP contribution in [0.5, 0.6) is 17.2 Å². The summed E-state index contributed by atoms with van der Waals surface area (Å²) in [6.07, 6.45) is 0.773. The zero-order chi connectivity index (χ0) is 12.1. The SMILES string of the molecule is COc1cccc(Oc2ccccc2C=O)c1. The molecular formula is C14H12O3. The molecule has 2 aromatic rings. The molecule has 2 rings (SSSR count). The van der Waals surface area contributed by atoms with E-state index in [1.165, 1.54) is 0 Å². The maximum absolute atomic E-state index is 10.8. The van der Waals surface area contributed by atoms with Gasteiger partial charge in [0.05, 0.1) is 12.7 Å². The van der Waals surface area contributed by atoms with Crippen molar-refractivity contribution in [2.24, 2.45) is 0 Å². The molecule has 3 nitrogen and oxygen atoms in total. The zero-order valence-electron chi connectivity index (χ0n) is 9.42. The van der Waals surface area contributed by atoms with E-state index in [9.17, 15) is 4.79 Å². The van der Waals surface area contributed by atoms with E-state index in [2.05, 4.69) is 0 Å². The number of aldehydes is 1. The lowest BCUT2D eigenvalue weighted by atomic mass is 10.2. The molecule has 0 saturated carbocycles. The first kappa shape index (κ1) is 11.2. The Hall–Kier alpha value is -2.29. The predicted octanol–water partition coefficient (Wildman–Crippen LogP) is 3.30. The molecule has 86 valence electrons. The summed E-state index contributed by atoms with van der Waals surface area (Å²) in [5.74, 6) is 1.89. The molecular weight excluding hydrogens is 216 g/mol. The zero-order valence-corrected chi connectivity index (χ0v) is 9.42. The van der Waals surface area contributed by atoms with E-state index in [4.69, 9.17) is 9.47 Å². The summed E-state index contributed by atoms with van der Waals surface area (Å²) in [6.45, 7) is 0. The molecule has 0 saturated heterocycles. The Labute approximate surface area is 99.6 Å². The fourth-order valence-electron chi connectivity index (χ4n) is 1.46. The fourth-order valence-corrected chi connectivity index (χ4v) is 1.46. The molecule has 0 aromatic heterocycles. The van der Waals surface area contributed by atoms with E-state index < -0.39 is 0 Å². The van der Waals surface area contributed by atoms with Crippen molar-refractivity contribution in [2.45, 2.75) is 0 Å². The highest BCUT2D eigenvalue weighted by Gasteiger charge is 2.03. The molecule has 17 heavy (non-hydrogen) atoms. The first-order valence-corrected chi connectivity index (χ1v) is 5.19. The van der Waals surface area contributed by atoms with Gasteiger partial charge in [-0.3, -0.25) is 4.79 Å². The maximum Gasteiger partial charge on any atom is 0.153 e. The number of rotatable bonds is 4. The van der Waals surface area contributed by atoms with Crippen molar-refractivity contribution >= 4 is 6.29 Å². The van der Waals surface area contributed by atoms with Gasteiger partial charge in [-0.15, -0.1) is 0 Å². The van der Waals surface area contributed by atoms with E-state index >= 15 is 0 Å². The molecule has 0 radical (unpaired) electrons. The van der Waals surface area contributed by atoms with E-state index in [1.807, 2.05) is 24.3 Å². The van der Waals surface area contributed by atoms with Crippen LogP contribution >= 0.6 is 0 Å². The third-order valence-corrected chi connectivity index (χ3v) is 2.31. The van der Waals surface area contributed by atoms with Gasteiger partial charge in [0, 0.05) is 6.07 Å². The molecule has 0 N–H and O–H groups in total. The van der Waals surface area contributed by atoms with Crippen LogP contribution in [0.2, 0.25) is 0 Å². The molecule has 0 heterocycles. The quantitative estimate of drug-likeness (QED) is 0.753. The van der Waals surface area contributed by atoms with Crippen molar-refractivity contribution in [3.8, 4) is 17.2 Å². The Kier molecular flexibility index (Phi) is 3.40. The smallest absolute Gasteiger partial charge is 0.153 e. The van der Waals surface area contributed by atoms with Gasteiger partial charge in [0.1, 0.15) is 17.2 Å². The summed E-state index contributed by atoms with van der Waals surface area (Å²) in [4.78, 5) is 10.8. The Morgan fingerprint density at radius 1 is 1.00 bits per heavy atom. The van der Waals surface area contributed by atoms with Crippen molar-refractivity contribution in [3.05, 3.63) is 54.1 Å². The highest BCUT2D eigenvalue weighted by Crippen LogP contribution is 2.26. The fraction of sp³-hybridized carbons (Fsp3) is 0.0714. The number of carbonyl (C=O) groups is 1. The standard InChI is InChI=1S/C14H12O3/c1-16-12-6-4-7-13(9-12)17-14-8-3-2-5-11(14)10-15/h2-10H,1H3. The second kappa shape index (κ2) is 5.16. The number of carbonyl (C=O) groups excluding carboxylic acids is 1. The molecule has 0 spiro atoms. The second-order valence-corrected chi connectivity index (χ2v) is 3.44. The molecule has 0 aliphatic rings. The third kappa shape index (κ3) is 2.64. The van der Waals surface area contributed by atoms with E-state index in [1.54, 1.807) is 31.4 Å². The summed E-state index contributed by atoms with van der Waals surface area (Å²) in [7, 11) is 1.60.